The monoisotopic (exact) mass is 252 g/mol. The first-order valence-corrected chi connectivity index (χ1v) is 6.70. The average Bonchev–Trinajstić information content (AvgIpc) is 2.42. The lowest BCUT2D eigenvalue weighted by molar-refractivity contribution is -0.0649. The third kappa shape index (κ3) is 7.43. The molecule has 0 spiro atoms. The fraction of sp³-hybridized carbons (Fsp3) is 0.600. The van der Waals surface area contributed by atoms with Gasteiger partial charge in [0.15, 0.2) is 6.29 Å². The summed E-state index contributed by atoms with van der Waals surface area (Å²) < 4.78 is 10.8. The van der Waals surface area contributed by atoms with E-state index in [1.54, 1.807) is 0 Å². The number of hydrogen-bond donors (Lipinski definition) is 1. The maximum atomic E-state index is 9.07. The molecule has 1 aliphatic carbocycles. The third-order valence-electron chi connectivity index (χ3n) is 2.80. The average molecular weight is 252 g/mol. The summed E-state index contributed by atoms with van der Waals surface area (Å²) in [5, 5.41) is 9.07. The van der Waals surface area contributed by atoms with Crippen molar-refractivity contribution in [2.24, 2.45) is 0 Å². The summed E-state index contributed by atoms with van der Waals surface area (Å²) in [6.07, 6.45) is 14.4. The van der Waals surface area contributed by atoms with E-state index in [0.29, 0.717) is 6.61 Å². The van der Waals surface area contributed by atoms with Gasteiger partial charge in [-0.15, -0.1) is 0 Å². The molecule has 0 bridgehead atoms. The molecule has 0 amide bonds. The first-order chi connectivity index (χ1) is 8.83. The van der Waals surface area contributed by atoms with Crippen LogP contribution in [-0.2, 0) is 9.47 Å². The minimum atomic E-state index is -0.820. The maximum Gasteiger partial charge on any atom is 0.173 e. The SMILES string of the molecule is C=CC(O)OCCCCCCOC1C=CC=CC1. The molecule has 0 aliphatic heterocycles. The van der Waals surface area contributed by atoms with Gasteiger partial charge in [-0.2, -0.15) is 0 Å². The molecular weight excluding hydrogens is 228 g/mol. The first kappa shape index (κ1) is 15.2. The number of ether oxygens (including phenoxy) is 2. The van der Waals surface area contributed by atoms with Crippen molar-refractivity contribution in [1.29, 1.82) is 0 Å². The lowest BCUT2D eigenvalue weighted by Crippen LogP contribution is -2.11. The third-order valence-corrected chi connectivity index (χ3v) is 2.80. The molecule has 102 valence electrons. The van der Waals surface area contributed by atoms with E-state index in [4.69, 9.17) is 14.6 Å². The summed E-state index contributed by atoms with van der Waals surface area (Å²) in [6.45, 7) is 4.85. The van der Waals surface area contributed by atoms with Gasteiger partial charge in [-0.3, -0.25) is 0 Å². The van der Waals surface area contributed by atoms with E-state index in [1.807, 2.05) is 6.08 Å². The summed E-state index contributed by atoms with van der Waals surface area (Å²) in [5.74, 6) is 0. The summed E-state index contributed by atoms with van der Waals surface area (Å²) in [6, 6.07) is 0. The highest BCUT2D eigenvalue weighted by Gasteiger charge is 2.04. The van der Waals surface area contributed by atoms with E-state index < -0.39 is 6.29 Å². The minimum absolute atomic E-state index is 0.265. The second kappa shape index (κ2) is 10.1. The molecule has 1 rings (SSSR count). The van der Waals surface area contributed by atoms with E-state index in [0.717, 1.165) is 38.7 Å². The number of allylic oxidation sites excluding steroid dienone is 2. The van der Waals surface area contributed by atoms with Gasteiger partial charge in [0.05, 0.1) is 12.7 Å². The number of rotatable bonds is 10. The Balaban J connectivity index is 1.82. The van der Waals surface area contributed by atoms with Crippen LogP contribution in [0.25, 0.3) is 0 Å². The topological polar surface area (TPSA) is 38.7 Å². The predicted octanol–water partition coefficient (Wildman–Crippen LogP) is 2.97. The Hall–Kier alpha value is -0.900. The summed E-state index contributed by atoms with van der Waals surface area (Å²) in [7, 11) is 0. The number of unbranched alkanes of at least 4 members (excludes halogenated alkanes) is 3. The van der Waals surface area contributed by atoms with Crippen molar-refractivity contribution in [2.75, 3.05) is 13.2 Å². The van der Waals surface area contributed by atoms with Crippen molar-refractivity contribution in [3.05, 3.63) is 37.0 Å². The fourth-order valence-electron chi connectivity index (χ4n) is 1.75. The number of aliphatic hydroxyl groups is 1. The van der Waals surface area contributed by atoms with Crippen LogP contribution in [0.2, 0.25) is 0 Å². The molecule has 0 saturated carbocycles. The van der Waals surface area contributed by atoms with Gasteiger partial charge >= 0.3 is 0 Å². The molecule has 0 heterocycles. The molecule has 18 heavy (non-hydrogen) atoms. The Morgan fingerprint density at radius 3 is 2.67 bits per heavy atom. The highest BCUT2D eigenvalue weighted by Crippen LogP contribution is 2.09. The smallest absolute Gasteiger partial charge is 0.173 e. The van der Waals surface area contributed by atoms with Crippen LogP contribution in [0.3, 0.4) is 0 Å². The number of aliphatic hydroxyl groups excluding tert-OH is 1. The molecular formula is C15H24O3. The zero-order valence-corrected chi connectivity index (χ0v) is 11.0. The maximum absolute atomic E-state index is 9.07. The van der Waals surface area contributed by atoms with Gasteiger partial charge in [-0.05, 0) is 25.3 Å². The van der Waals surface area contributed by atoms with Crippen molar-refractivity contribution in [3.8, 4) is 0 Å². The quantitative estimate of drug-likeness (QED) is 0.369. The van der Waals surface area contributed by atoms with Crippen LogP contribution in [0.1, 0.15) is 32.1 Å². The highest BCUT2D eigenvalue weighted by molar-refractivity contribution is 5.11. The normalized spacial score (nSPS) is 19.9. The van der Waals surface area contributed by atoms with Gasteiger partial charge in [0.25, 0.3) is 0 Å². The van der Waals surface area contributed by atoms with Crippen molar-refractivity contribution >= 4 is 0 Å². The Morgan fingerprint density at radius 1 is 1.22 bits per heavy atom. The second-order valence-electron chi connectivity index (χ2n) is 4.37. The van der Waals surface area contributed by atoms with Crippen LogP contribution in [-0.4, -0.2) is 30.7 Å². The molecule has 0 saturated heterocycles. The standard InChI is InChI=1S/C15H24O3/c1-2-15(16)18-13-9-4-3-8-12-17-14-10-6-5-7-11-14/h2,5-7,10,14-16H,1,3-4,8-9,11-13H2. The molecule has 0 fully saturated rings. The Morgan fingerprint density at radius 2 is 2.00 bits per heavy atom. The molecule has 1 N–H and O–H groups in total. The Bertz CT molecular complexity index is 271. The molecule has 1 aliphatic rings. The molecule has 3 heteroatoms. The number of hydrogen-bond acceptors (Lipinski definition) is 3. The van der Waals surface area contributed by atoms with Gasteiger partial charge in [-0.25, -0.2) is 0 Å². The molecule has 0 aromatic heterocycles. The van der Waals surface area contributed by atoms with Gasteiger partial charge in [0.1, 0.15) is 0 Å². The summed E-state index contributed by atoms with van der Waals surface area (Å²) >= 11 is 0. The second-order valence-corrected chi connectivity index (χ2v) is 4.37. The van der Waals surface area contributed by atoms with Crippen LogP contribution < -0.4 is 0 Å². The molecule has 3 nitrogen and oxygen atoms in total. The molecule has 0 aromatic carbocycles. The van der Waals surface area contributed by atoms with Crippen molar-refractivity contribution in [3.63, 3.8) is 0 Å². The lowest BCUT2D eigenvalue weighted by atomic mass is 10.1. The minimum Gasteiger partial charge on any atom is -0.374 e. The summed E-state index contributed by atoms with van der Waals surface area (Å²) in [5.41, 5.74) is 0. The molecule has 2 unspecified atom stereocenters. The van der Waals surface area contributed by atoms with Crippen molar-refractivity contribution < 1.29 is 14.6 Å². The van der Waals surface area contributed by atoms with Gasteiger partial charge in [0, 0.05) is 6.61 Å². The predicted molar refractivity (Wildman–Crippen MR) is 73.3 cm³/mol. The van der Waals surface area contributed by atoms with E-state index in [2.05, 4.69) is 24.8 Å². The molecule has 0 aromatic rings. The molecule has 2 atom stereocenters. The van der Waals surface area contributed by atoms with Gasteiger partial charge < -0.3 is 14.6 Å². The van der Waals surface area contributed by atoms with E-state index in [1.165, 1.54) is 6.08 Å². The fourth-order valence-corrected chi connectivity index (χ4v) is 1.75. The largest absolute Gasteiger partial charge is 0.374 e. The van der Waals surface area contributed by atoms with E-state index in [9.17, 15) is 0 Å². The van der Waals surface area contributed by atoms with Crippen molar-refractivity contribution in [1.82, 2.24) is 0 Å². The molecule has 0 radical (unpaired) electrons. The van der Waals surface area contributed by atoms with Crippen molar-refractivity contribution in [2.45, 2.75) is 44.5 Å². The van der Waals surface area contributed by atoms with Gasteiger partial charge in [-0.1, -0.05) is 43.7 Å². The first-order valence-electron chi connectivity index (χ1n) is 6.70. The zero-order valence-electron chi connectivity index (χ0n) is 11.0. The Labute approximate surface area is 110 Å². The van der Waals surface area contributed by atoms with E-state index in [-0.39, 0.29) is 6.10 Å². The summed E-state index contributed by atoms with van der Waals surface area (Å²) in [4.78, 5) is 0. The van der Waals surface area contributed by atoms with E-state index >= 15 is 0 Å². The van der Waals surface area contributed by atoms with Crippen LogP contribution in [0.15, 0.2) is 37.0 Å². The lowest BCUT2D eigenvalue weighted by Gasteiger charge is -2.14. The van der Waals surface area contributed by atoms with Crippen LogP contribution in [0.4, 0.5) is 0 Å². The highest BCUT2D eigenvalue weighted by atomic mass is 16.6. The van der Waals surface area contributed by atoms with Crippen LogP contribution in [0, 0.1) is 0 Å². The van der Waals surface area contributed by atoms with Crippen LogP contribution >= 0.6 is 0 Å². The van der Waals surface area contributed by atoms with Gasteiger partial charge in [0.2, 0.25) is 0 Å². The Kier molecular flexibility index (Phi) is 8.47. The zero-order chi connectivity index (χ0) is 13.1. The van der Waals surface area contributed by atoms with Crippen LogP contribution in [0.5, 0.6) is 0 Å².